The van der Waals surface area contributed by atoms with Crippen molar-refractivity contribution in [2.24, 2.45) is 11.7 Å². The molecule has 11 nitrogen and oxygen atoms in total. The van der Waals surface area contributed by atoms with Gasteiger partial charge >= 0.3 is 11.9 Å². The number of amides is 3. The van der Waals surface area contributed by atoms with Gasteiger partial charge < -0.3 is 31.9 Å². The van der Waals surface area contributed by atoms with Crippen LogP contribution in [0.5, 0.6) is 0 Å². The molecule has 0 aliphatic carbocycles. The summed E-state index contributed by atoms with van der Waals surface area (Å²) in [4.78, 5) is 61.1. The first kappa shape index (κ1) is 30.9. The fourth-order valence-corrected chi connectivity index (χ4v) is 3.68. The highest BCUT2D eigenvalue weighted by Gasteiger charge is 2.31. The third-order valence-electron chi connectivity index (χ3n) is 5.44. The van der Waals surface area contributed by atoms with E-state index >= 15 is 0 Å². The Kier molecular flexibility index (Phi) is 13.6. The molecule has 0 aromatic heterocycles. The number of nitrogens with one attached hydrogen (secondary N) is 3. The van der Waals surface area contributed by atoms with Crippen molar-refractivity contribution in [2.75, 3.05) is 12.0 Å². The standard InChI is InChI=1S/C24H36N4O7S/c1-14(2)20(25)23(33)28-18(13-15-7-5-4-6-8-15)22(32)26-16(11-12-36-3)21(31)27-17(24(34)35)9-10-19(29)30/h4-8,14,16-18,20H,9-13,25H2,1-3H3,(H,26,32)(H,27,31)(H,28,33)(H,29,30)(H,34,35). The van der Waals surface area contributed by atoms with Crippen LogP contribution in [0.25, 0.3) is 0 Å². The molecule has 12 heteroatoms. The van der Waals surface area contributed by atoms with Crippen LogP contribution >= 0.6 is 11.8 Å². The number of carboxylic acids is 2. The van der Waals surface area contributed by atoms with Gasteiger partial charge in [0.1, 0.15) is 18.1 Å². The SMILES string of the molecule is CSCCC(NC(=O)C(Cc1ccccc1)NC(=O)C(N)C(C)C)C(=O)NC(CCC(=O)O)C(=O)O. The lowest BCUT2D eigenvalue weighted by atomic mass is 10.0. The second-order valence-corrected chi connectivity index (χ2v) is 9.68. The van der Waals surface area contributed by atoms with Crippen LogP contribution in [-0.4, -0.2) is 76.0 Å². The number of benzene rings is 1. The zero-order chi connectivity index (χ0) is 27.3. The molecule has 0 bridgehead atoms. The minimum Gasteiger partial charge on any atom is -0.481 e. The Balaban J connectivity index is 3.07. The molecule has 36 heavy (non-hydrogen) atoms. The van der Waals surface area contributed by atoms with E-state index in [-0.39, 0.29) is 25.2 Å². The lowest BCUT2D eigenvalue weighted by Crippen LogP contribution is -2.58. The summed E-state index contributed by atoms with van der Waals surface area (Å²) in [7, 11) is 0. The average Bonchev–Trinajstić information content (AvgIpc) is 2.83. The van der Waals surface area contributed by atoms with Crippen molar-refractivity contribution < 1.29 is 34.2 Å². The molecule has 0 saturated carbocycles. The van der Waals surface area contributed by atoms with Crippen molar-refractivity contribution in [3.63, 3.8) is 0 Å². The van der Waals surface area contributed by atoms with Gasteiger partial charge in [-0.3, -0.25) is 19.2 Å². The number of carbonyl (C=O) groups is 5. The van der Waals surface area contributed by atoms with E-state index < -0.39 is 60.2 Å². The molecule has 7 N–H and O–H groups in total. The molecule has 0 saturated heterocycles. The number of rotatable bonds is 16. The smallest absolute Gasteiger partial charge is 0.326 e. The van der Waals surface area contributed by atoms with E-state index in [0.29, 0.717) is 5.75 Å². The summed E-state index contributed by atoms with van der Waals surface area (Å²) < 4.78 is 0. The second kappa shape index (κ2) is 15.8. The van der Waals surface area contributed by atoms with Crippen molar-refractivity contribution in [1.82, 2.24) is 16.0 Å². The molecular weight excluding hydrogens is 488 g/mol. The summed E-state index contributed by atoms with van der Waals surface area (Å²) in [6, 6.07) is 4.62. The van der Waals surface area contributed by atoms with E-state index in [0.717, 1.165) is 5.56 Å². The van der Waals surface area contributed by atoms with Crippen LogP contribution in [0, 0.1) is 5.92 Å². The molecule has 0 heterocycles. The fraction of sp³-hybridized carbons (Fsp3) is 0.542. The third kappa shape index (κ3) is 11.1. The third-order valence-corrected chi connectivity index (χ3v) is 6.09. The summed E-state index contributed by atoms with van der Waals surface area (Å²) in [6.07, 6.45) is 1.41. The number of nitrogens with two attached hydrogens (primary N) is 1. The first-order valence-corrected chi connectivity index (χ1v) is 13.0. The zero-order valence-electron chi connectivity index (χ0n) is 20.7. The second-order valence-electron chi connectivity index (χ2n) is 8.70. The van der Waals surface area contributed by atoms with Crippen molar-refractivity contribution in [1.29, 1.82) is 0 Å². The number of hydrogen-bond donors (Lipinski definition) is 6. The van der Waals surface area contributed by atoms with Crippen LogP contribution in [0.2, 0.25) is 0 Å². The number of carboxylic acid groups (broad SMARTS) is 2. The normalized spacial score (nSPS) is 14.2. The minimum absolute atomic E-state index is 0.149. The lowest BCUT2D eigenvalue weighted by Gasteiger charge is -2.26. The van der Waals surface area contributed by atoms with Gasteiger partial charge in [0.25, 0.3) is 0 Å². The Morgan fingerprint density at radius 1 is 0.861 bits per heavy atom. The zero-order valence-corrected chi connectivity index (χ0v) is 21.5. The minimum atomic E-state index is -1.42. The highest BCUT2D eigenvalue weighted by atomic mass is 32.2. The maximum Gasteiger partial charge on any atom is 0.326 e. The van der Waals surface area contributed by atoms with Crippen LogP contribution in [0.4, 0.5) is 0 Å². The molecule has 200 valence electrons. The molecule has 4 atom stereocenters. The Labute approximate surface area is 215 Å². The van der Waals surface area contributed by atoms with E-state index in [9.17, 15) is 29.1 Å². The van der Waals surface area contributed by atoms with Gasteiger partial charge in [0, 0.05) is 12.8 Å². The first-order valence-electron chi connectivity index (χ1n) is 11.6. The first-order chi connectivity index (χ1) is 17.0. The number of carbonyl (C=O) groups excluding carboxylic acids is 3. The highest BCUT2D eigenvalue weighted by Crippen LogP contribution is 2.08. The summed E-state index contributed by atoms with van der Waals surface area (Å²) in [5.41, 5.74) is 6.72. The molecule has 0 aliphatic heterocycles. The maximum atomic E-state index is 13.2. The van der Waals surface area contributed by atoms with Crippen LogP contribution in [0.3, 0.4) is 0 Å². The fourth-order valence-electron chi connectivity index (χ4n) is 3.20. The van der Waals surface area contributed by atoms with Gasteiger partial charge in [-0.05, 0) is 36.3 Å². The predicted molar refractivity (Wildman–Crippen MR) is 136 cm³/mol. The van der Waals surface area contributed by atoms with Crippen LogP contribution in [-0.2, 0) is 30.4 Å². The van der Waals surface area contributed by atoms with Gasteiger partial charge in [0.05, 0.1) is 6.04 Å². The molecular formula is C24H36N4O7S. The largest absolute Gasteiger partial charge is 0.481 e. The van der Waals surface area contributed by atoms with E-state index in [4.69, 9.17) is 10.8 Å². The van der Waals surface area contributed by atoms with Crippen LogP contribution in [0.1, 0.15) is 38.7 Å². The van der Waals surface area contributed by atoms with Gasteiger partial charge in [-0.15, -0.1) is 0 Å². The quantitative estimate of drug-likeness (QED) is 0.177. The molecule has 4 unspecified atom stereocenters. The van der Waals surface area contributed by atoms with E-state index in [1.165, 1.54) is 11.8 Å². The molecule has 1 aromatic carbocycles. The number of aliphatic carboxylic acids is 2. The Hall–Kier alpha value is -3.12. The molecule has 1 aromatic rings. The van der Waals surface area contributed by atoms with E-state index in [1.54, 1.807) is 38.1 Å². The highest BCUT2D eigenvalue weighted by molar-refractivity contribution is 7.98. The van der Waals surface area contributed by atoms with Gasteiger partial charge in [-0.1, -0.05) is 44.2 Å². The number of hydrogen-bond acceptors (Lipinski definition) is 7. The summed E-state index contributed by atoms with van der Waals surface area (Å²) >= 11 is 1.43. The van der Waals surface area contributed by atoms with Crippen molar-refractivity contribution in [3.05, 3.63) is 35.9 Å². The summed E-state index contributed by atoms with van der Waals surface area (Å²) in [6.45, 7) is 3.56. The molecule has 0 radical (unpaired) electrons. The average molecular weight is 525 g/mol. The molecule has 1 rings (SSSR count). The molecule has 3 amide bonds. The van der Waals surface area contributed by atoms with E-state index in [1.807, 2.05) is 12.3 Å². The topological polar surface area (TPSA) is 188 Å². The Morgan fingerprint density at radius 3 is 1.94 bits per heavy atom. The van der Waals surface area contributed by atoms with Gasteiger partial charge in [0.2, 0.25) is 17.7 Å². The molecule has 0 spiro atoms. The van der Waals surface area contributed by atoms with Crippen molar-refractivity contribution in [3.8, 4) is 0 Å². The van der Waals surface area contributed by atoms with Crippen molar-refractivity contribution in [2.45, 2.75) is 63.7 Å². The van der Waals surface area contributed by atoms with Gasteiger partial charge in [-0.2, -0.15) is 11.8 Å². The Bertz CT molecular complexity index is 898. The van der Waals surface area contributed by atoms with Crippen molar-refractivity contribution >= 4 is 41.4 Å². The molecule has 0 fully saturated rings. The Morgan fingerprint density at radius 2 is 1.42 bits per heavy atom. The van der Waals surface area contributed by atoms with Crippen LogP contribution in [0.15, 0.2) is 30.3 Å². The lowest BCUT2D eigenvalue weighted by molar-refractivity contribution is -0.143. The summed E-state index contributed by atoms with van der Waals surface area (Å²) in [5.74, 6) is -4.13. The van der Waals surface area contributed by atoms with Gasteiger partial charge in [0.15, 0.2) is 0 Å². The van der Waals surface area contributed by atoms with Gasteiger partial charge in [-0.25, -0.2) is 4.79 Å². The summed E-state index contributed by atoms with van der Waals surface area (Å²) in [5, 5.41) is 25.8. The maximum absolute atomic E-state index is 13.2. The monoisotopic (exact) mass is 524 g/mol. The molecule has 0 aliphatic rings. The van der Waals surface area contributed by atoms with Crippen LogP contribution < -0.4 is 21.7 Å². The predicted octanol–water partition coefficient (Wildman–Crippen LogP) is 0.369. The number of thioether (sulfide) groups is 1. The van der Waals surface area contributed by atoms with E-state index in [2.05, 4.69) is 16.0 Å².